The summed E-state index contributed by atoms with van der Waals surface area (Å²) < 4.78 is 15.5. The molecule has 3 aromatic rings. The van der Waals surface area contributed by atoms with E-state index in [1.807, 2.05) is 0 Å². The topological polar surface area (TPSA) is 102 Å². The smallest absolute Gasteiger partial charge is 0.337 e. The van der Waals surface area contributed by atoms with Gasteiger partial charge in [0.1, 0.15) is 6.04 Å². The molecule has 38 heavy (non-hydrogen) atoms. The molecule has 5 rings (SSSR count). The van der Waals surface area contributed by atoms with Crippen molar-refractivity contribution < 1.29 is 33.4 Å². The minimum absolute atomic E-state index is 0.0213. The highest BCUT2D eigenvalue weighted by Gasteiger charge is 2.44. The first-order valence-corrected chi connectivity index (χ1v) is 12.2. The van der Waals surface area contributed by atoms with Gasteiger partial charge in [0.25, 0.3) is 5.91 Å². The molecule has 2 aliphatic rings. The summed E-state index contributed by atoms with van der Waals surface area (Å²) in [5.41, 5.74) is 2.04. The molecular weight excluding hydrogens is 512 g/mol. The van der Waals surface area contributed by atoms with E-state index in [0.29, 0.717) is 22.2 Å². The highest BCUT2D eigenvalue weighted by Crippen LogP contribution is 2.34. The van der Waals surface area contributed by atoms with E-state index in [-0.39, 0.29) is 37.6 Å². The van der Waals surface area contributed by atoms with E-state index in [4.69, 9.17) is 25.8 Å². The molecule has 1 atom stereocenters. The van der Waals surface area contributed by atoms with Crippen molar-refractivity contribution in [1.29, 1.82) is 0 Å². The predicted molar refractivity (Wildman–Crippen MR) is 137 cm³/mol. The Kier molecular flexibility index (Phi) is 7.02. The summed E-state index contributed by atoms with van der Waals surface area (Å²) in [6.07, 6.45) is -0.151. The first-order chi connectivity index (χ1) is 18.3. The minimum atomic E-state index is -1.01. The van der Waals surface area contributed by atoms with Crippen LogP contribution < -0.4 is 14.4 Å². The fourth-order valence-electron chi connectivity index (χ4n) is 4.48. The van der Waals surface area contributed by atoms with E-state index in [0.717, 1.165) is 16.0 Å². The van der Waals surface area contributed by atoms with Gasteiger partial charge in [0.05, 0.1) is 31.2 Å². The van der Waals surface area contributed by atoms with Gasteiger partial charge in [0.15, 0.2) is 11.5 Å². The van der Waals surface area contributed by atoms with Crippen molar-refractivity contribution in [3.05, 3.63) is 88.4 Å². The Labute approximate surface area is 223 Å². The molecule has 1 fully saturated rings. The number of benzene rings is 3. The summed E-state index contributed by atoms with van der Waals surface area (Å²) in [7, 11) is 1.27. The fourth-order valence-corrected chi connectivity index (χ4v) is 4.61. The molecule has 2 heterocycles. The lowest BCUT2D eigenvalue weighted by molar-refractivity contribution is -0.138. The highest BCUT2D eigenvalue weighted by atomic mass is 35.5. The number of methoxy groups -OCH3 is 1. The number of nitrogens with zero attached hydrogens (tertiary/aromatic N) is 2. The summed E-state index contributed by atoms with van der Waals surface area (Å²) in [5.74, 6) is -0.669. The monoisotopic (exact) mass is 534 g/mol. The lowest BCUT2D eigenvalue weighted by Crippen LogP contribution is -2.45. The number of hydrogen-bond acceptors (Lipinski definition) is 7. The Morgan fingerprint density at radius 3 is 2.37 bits per heavy atom. The molecule has 9 nitrogen and oxygen atoms in total. The SMILES string of the molecule is COC(=O)c1ccc(N2C(=O)CC(N(Cc3ccc4c(c3)OCO4)C(=O)Cc3ccc(Cl)cc3)C2=O)cc1. The molecule has 0 radical (unpaired) electrons. The Morgan fingerprint density at radius 2 is 1.66 bits per heavy atom. The second-order valence-corrected chi connectivity index (χ2v) is 9.27. The molecule has 0 bridgehead atoms. The van der Waals surface area contributed by atoms with Gasteiger partial charge in [-0.25, -0.2) is 9.69 Å². The van der Waals surface area contributed by atoms with Crippen LogP contribution in [0.5, 0.6) is 11.5 Å². The van der Waals surface area contributed by atoms with Gasteiger partial charge in [-0.3, -0.25) is 14.4 Å². The normalized spacial score (nSPS) is 16.1. The van der Waals surface area contributed by atoms with Gasteiger partial charge in [-0.1, -0.05) is 29.8 Å². The maximum absolute atomic E-state index is 13.6. The van der Waals surface area contributed by atoms with Crippen molar-refractivity contribution in [3.8, 4) is 11.5 Å². The predicted octanol–water partition coefficient (Wildman–Crippen LogP) is 3.76. The van der Waals surface area contributed by atoms with Gasteiger partial charge in [0.2, 0.25) is 18.6 Å². The minimum Gasteiger partial charge on any atom is -0.465 e. The molecular formula is C28H23ClN2O7. The molecule has 1 unspecified atom stereocenters. The number of anilines is 1. The molecule has 0 saturated carbocycles. The third-order valence-corrected chi connectivity index (χ3v) is 6.68. The Morgan fingerprint density at radius 1 is 0.974 bits per heavy atom. The molecule has 0 aliphatic carbocycles. The molecule has 1 saturated heterocycles. The van der Waals surface area contributed by atoms with Crippen molar-refractivity contribution >= 4 is 41.0 Å². The average molecular weight is 535 g/mol. The Balaban J connectivity index is 1.42. The van der Waals surface area contributed by atoms with Crippen molar-refractivity contribution in [1.82, 2.24) is 4.90 Å². The molecule has 10 heteroatoms. The highest BCUT2D eigenvalue weighted by molar-refractivity contribution is 6.30. The van der Waals surface area contributed by atoms with Crippen molar-refractivity contribution in [2.24, 2.45) is 0 Å². The van der Waals surface area contributed by atoms with Gasteiger partial charge in [-0.05, 0) is 59.7 Å². The zero-order chi connectivity index (χ0) is 26.8. The fraction of sp³-hybridized carbons (Fsp3) is 0.214. The van der Waals surface area contributed by atoms with Gasteiger partial charge in [0, 0.05) is 11.6 Å². The third-order valence-electron chi connectivity index (χ3n) is 6.42. The van der Waals surface area contributed by atoms with Crippen LogP contribution in [0.3, 0.4) is 0 Å². The maximum Gasteiger partial charge on any atom is 0.337 e. The summed E-state index contributed by atoms with van der Waals surface area (Å²) in [6.45, 7) is 0.194. The first kappa shape index (κ1) is 25.3. The number of hydrogen-bond donors (Lipinski definition) is 0. The average Bonchev–Trinajstić information content (AvgIpc) is 3.51. The van der Waals surface area contributed by atoms with Crippen LogP contribution in [0.15, 0.2) is 66.7 Å². The van der Waals surface area contributed by atoms with Crippen LogP contribution in [0.4, 0.5) is 5.69 Å². The quantitative estimate of drug-likeness (QED) is 0.336. The molecule has 0 spiro atoms. The number of fused-ring (bicyclic) bond motifs is 1. The van der Waals surface area contributed by atoms with E-state index in [1.165, 1.54) is 36.3 Å². The largest absolute Gasteiger partial charge is 0.465 e. The van der Waals surface area contributed by atoms with Crippen LogP contribution in [-0.4, -0.2) is 48.5 Å². The third kappa shape index (κ3) is 5.05. The lowest BCUT2D eigenvalue weighted by atomic mass is 10.1. The summed E-state index contributed by atoms with van der Waals surface area (Å²) in [6, 6.07) is 17.1. The van der Waals surface area contributed by atoms with E-state index in [1.54, 1.807) is 42.5 Å². The molecule has 3 aromatic carbocycles. The van der Waals surface area contributed by atoms with E-state index in [2.05, 4.69) is 0 Å². The number of carbonyl (C=O) groups excluding carboxylic acids is 4. The van der Waals surface area contributed by atoms with E-state index < -0.39 is 23.8 Å². The van der Waals surface area contributed by atoms with Crippen LogP contribution in [0.2, 0.25) is 5.02 Å². The van der Waals surface area contributed by atoms with Crippen LogP contribution in [0.1, 0.15) is 27.9 Å². The van der Waals surface area contributed by atoms with E-state index in [9.17, 15) is 19.2 Å². The van der Waals surface area contributed by atoms with Crippen molar-refractivity contribution in [2.45, 2.75) is 25.4 Å². The molecule has 194 valence electrons. The standard InChI is InChI=1S/C28H23ClN2O7/c1-36-28(35)19-5-9-21(10-6-19)31-26(33)14-22(27(31)34)30(25(32)13-17-2-7-20(29)8-3-17)15-18-4-11-23-24(12-18)38-16-37-23/h2-12,22H,13-16H2,1H3. The number of halogens is 1. The zero-order valence-electron chi connectivity index (χ0n) is 20.4. The molecule has 0 N–H and O–H groups in total. The van der Waals surface area contributed by atoms with Crippen LogP contribution in [0.25, 0.3) is 0 Å². The van der Waals surface area contributed by atoms with E-state index >= 15 is 0 Å². The zero-order valence-corrected chi connectivity index (χ0v) is 21.1. The summed E-state index contributed by atoms with van der Waals surface area (Å²) in [4.78, 5) is 54.4. The van der Waals surface area contributed by atoms with Gasteiger partial charge >= 0.3 is 5.97 Å². The number of ether oxygens (including phenoxy) is 3. The van der Waals surface area contributed by atoms with Gasteiger partial charge in [-0.15, -0.1) is 0 Å². The number of rotatable bonds is 7. The Bertz CT molecular complexity index is 1410. The number of imide groups is 1. The lowest BCUT2D eigenvalue weighted by Gasteiger charge is -2.28. The molecule has 0 aromatic heterocycles. The van der Waals surface area contributed by atoms with Crippen molar-refractivity contribution in [2.75, 3.05) is 18.8 Å². The second-order valence-electron chi connectivity index (χ2n) is 8.84. The van der Waals surface area contributed by atoms with Crippen molar-refractivity contribution in [3.63, 3.8) is 0 Å². The molecule has 2 aliphatic heterocycles. The van der Waals surface area contributed by atoms with Gasteiger partial charge in [-0.2, -0.15) is 0 Å². The van der Waals surface area contributed by atoms with Crippen LogP contribution in [0, 0.1) is 0 Å². The number of amides is 3. The second kappa shape index (κ2) is 10.5. The summed E-state index contributed by atoms with van der Waals surface area (Å²) >= 11 is 5.98. The van der Waals surface area contributed by atoms with Crippen LogP contribution >= 0.6 is 11.6 Å². The molecule has 3 amide bonds. The summed E-state index contributed by atoms with van der Waals surface area (Å²) in [5, 5.41) is 0.545. The number of carbonyl (C=O) groups is 4. The maximum atomic E-state index is 13.6. The first-order valence-electron chi connectivity index (χ1n) is 11.8. The van der Waals surface area contributed by atoms with Gasteiger partial charge < -0.3 is 19.1 Å². The number of esters is 1. The Hall–Kier alpha value is -4.37. The van der Waals surface area contributed by atoms with Crippen LogP contribution in [-0.2, 0) is 32.1 Å².